The largest absolute Gasteiger partial charge is 0.389 e. The number of ether oxygens (including phenoxy) is 5. The molecule has 7 nitrogen and oxygen atoms in total. The molecular weight excluding hydrogens is 300 g/mol. The van der Waals surface area contributed by atoms with Crippen molar-refractivity contribution in [2.75, 3.05) is 35.5 Å². The summed E-state index contributed by atoms with van der Waals surface area (Å²) in [5.41, 5.74) is 0. The third-order valence-corrected chi connectivity index (χ3v) is 4.57. The lowest BCUT2D eigenvalue weighted by Crippen LogP contribution is -2.79. The van der Waals surface area contributed by atoms with E-state index in [1.807, 2.05) is 0 Å². The number of hydrogen-bond acceptors (Lipinski definition) is 7. The molecule has 0 saturated heterocycles. The molecule has 6 radical (unpaired) electrons. The van der Waals surface area contributed by atoms with Gasteiger partial charge < -0.3 is 32.5 Å². The number of methoxy groups -OCH3 is 5. The third kappa shape index (κ3) is 2.12. The Morgan fingerprint density at radius 1 is 0.850 bits per heavy atom. The first kappa shape index (κ1) is 18.2. The first-order chi connectivity index (χ1) is 9.53. The summed E-state index contributed by atoms with van der Waals surface area (Å²) >= 11 is 0. The van der Waals surface area contributed by atoms with Crippen molar-refractivity contribution in [3.63, 3.8) is 0 Å². The quantitative estimate of drug-likeness (QED) is 0.470. The van der Waals surface area contributed by atoms with Crippen molar-refractivity contribution >= 4 is 21.0 Å². The highest BCUT2D eigenvalue weighted by Crippen LogP contribution is 2.51. The van der Waals surface area contributed by atoms with Crippen molar-refractivity contribution in [1.82, 2.24) is 0 Å². The van der Waals surface area contributed by atoms with Gasteiger partial charge in [-0.25, -0.2) is 0 Å². The third-order valence-electron chi connectivity index (χ3n) is 3.92. The molecule has 1 aliphatic carbocycles. The summed E-state index contributed by atoms with van der Waals surface area (Å²) in [4.78, 5) is 0. The SMILES string of the molecule is COC1CCC(O[Si])(O[Si])C(OC)(OC)C1(OC)OC. The van der Waals surface area contributed by atoms with Crippen LogP contribution < -0.4 is 0 Å². The second-order valence-corrected chi connectivity index (χ2v) is 4.73. The van der Waals surface area contributed by atoms with Crippen LogP contribution in [0, 0.1) is 0 Å². The molecule has 114 valence electrons. The molecule has 1 fully saturated rings. The molecule has 1 rings (SSSR count). The lowest BCUT2D eigenvalue weighted by Gasteiger charge is -2.59. The predicted octanol–water partition coefficient (Wildman–Crippen LogP) is -0.330. The Morgan fingerprint density at radius 2 is 1.35 bits per heavy atom. The molecular formula is C11H20O7Si2. The summed E-state index contributed by atoms with van der Waals surface area (Å²) in [5.74, 6) is -4.31. The molecule has 9 heteroatoms. The van der Waals surface area contributed by atoms with Crippen LogP contribution in [-0.2, 0) is 32.5 Å². The molecule has 0 amide bonds. The average molecular weight is 320 g/mol. The van der Waals surface area contributed by atoms with Gasteiger partial charge in [-0.3, -0.25) is 0 Å². The van der Waals surface area contributed by atoms with Gasteiger partial charge in [0.1, 0.15) is 6.10 Å². The highest BCUT2D eigenvalue weighted by Gasteiger charge is 2.74. The molecule has 0 aromatic carbocycles. The molecule has 1 aliphatic rings. The van der Waals surface area contributed by atoms with Crippen LogP contribution in [0.4, 0.5) is 0 Å². The van der Waals surface area contributed by atoms with Gasteiger partial charge in [-0.05, 0) is 6.42 Å². The lowest BCUT2D eigenvalue weighted by atomic mass is 9.79. The van der Waals surface area contributed by atoms with Gasteiger partial charge in [0.05, 0.1) is 0 Å². The van der Waals surface area contributed by atoms with Crippen molar-refractivity contribution in [3.05, 3.63) is 0 Å². The summed E-state index contributed by atoms with van der Waals surface area (Å²) < 4.78 is 38.5. The summed E-state index contributed by atoms with van der Waals surface area (Å²) in [6.07, 6.45) is 0.477. The molecule has 0 aromatic heterocycles. The highest BCUT2D eigenvalue weighted by atomic mass is 28.2. The minimum absolute atomic E-state index is 0.397. The second-order valence-electron chi connectivity index (χ2n) is 4.32. The van der Waals surface area contributed by atoms with Crippen LogP contribution in [0.15, 0.2) is 0 Å². The average Bonchev–Trinajstić information content (AvgIpc) is 2.52. The van der Waals surface area contributed by atoms with Crippen molar-refractivity contribution in [1.29, 1.82) is 0 Å². The predicted molar refractivity (Wildman–Crippen MR) is 69.9 cm³/mol. The molecule has 0 spiro atoms. The highest BCUT2D eigenvalue weighted by molar-refractivity contribution is 6.00. The van der Waals surface area contributed by atoms with Crippen LogP contribution in [0.25, 0.3) is 0 Å². The van der Waals surface area contributed by atoms with Crippen LogP contribution in [0.2, 0.25) is 0 Å². The molecule has 0 aromatic rings. The van der Waals surface area contributed by atoms with Crippen LogP contribution >= 0.6 is 0 Å². The molecule has 1 saturated carbocycles. The summed E-state index contributed by atoms with van der Waals surface area (Å²) in [5, 5.41) is 0. The summed E-state index contributed by atoms with van der Waals surface area (Å²) in [7, 11) is 13.4. The first-order valence-corrected chi connectivity index (χ1v) is 6.78. The van der Waals surface area contributed by atoms with E-state index < -0.39 is 23.5 Å². The van der Waals surface area contributed by atoms with Crippen LogP contribution in [0.3, 0.4) is 0 Å². The molecule has 0 heterocycles. The topological polar surface area (TPSA) is 64.6 Å². The maximum absolute atomic E-state index is 5.59. The van der Waals surface area contributed by atoms with Gasteiger partial charge in [-0.1, -0.05) is 0 Å². The smallest absolute Gasteiger partial charge is 0.280 e. The van der Waals surface area contributed by atoms with Crippen LogP contribution in [0.5, 0.6) is 0 Å². The van der Waals surface area contributed by atoms with Gasteiger partial charge in [0.15, 0.2) is 0 Å². The Balaban J connectivity index is 3.51. The summed E-state index contributed by atoms with van der Waals surface area (Å²) in [6, 6.07) is 0. The Hall–Kier alpha value is 0.154. The van der Waals surface area contributed by atoms with Crippen molar-refractivity contribution in [2.24, 2.45) is 0 Å². The van der Waals surface area contributed by atoms with E-state index in [1.165, 1.54) is 28.4 Å². The van der Waals surface area contributed by atoms with E-state index in [4.69, 9.17) is 32.5 Å². The molecule has 20 heavy (non-hydrogen) atoms. The first-order valence-electron chi connectivity index (χ1n) is 5.96. The Morgan fingerprint density at radius 3 is 1.65 bits per heavy atom. The standard InChI is InChI=1S/C11H20O7Si2/c1-12-8-6-7-9(17-19,18-20)11(15-4,16-5)10(8,13-2)14-3/h8H,6-7H2,1-5H3. The fourth-order valence-electron chi connectivity index (χ4n) is 2.98. The van der Waals surface area contributed by atoms with E-state index in [2.05, 4.69) is 21.0 Å². The van der Waals surface area contributed by atoms with Gasteiger partial charge in [0, 0.05) is 42.0 Å². The van der Waals surface area contributed by atoms with Gasteiger partial charge in [0.2, 0.25) is 5.79 Å². The van der Waals surface area contributed by atoms with E-state index in [1.54, 1.807) is 7.11 Å². The van der Waals surface area contributed by atoms with E-state index in [9.17, 15) is 0 Å². The second kappa shape index (κ2) is 6.94. The van der Waals surface area contributed by atoms with Crippen molar-refractivity contribution in [3.8, 4) is 0 Å². The molecule has 0 N–H and O–H groups in total. The zero-order valence-electron chi connectivity index (χ0n) is 12.3. The summed E-state index contributed by atoms with van der Waals surface area (Å²) in [6.45, 7) is 0. The maximum atomic E-state index is 5.59. The van der Waals surface area contributed by atoms with Gasteiger partial charge in [-0.2, -0.15) is 0 Å². The number of rotatable bonds is 7. The van der Waals surface area contributed by atoms with E-state index in [0.29, 0.717) is 12.8 Å². The van der Waals surface area contributed by atoms with Gasteiger partial charge in [-0.15, -0.1) is 0 Å². The zero-order chi connectivity index (χ0) is 15.4. The molecule has 0 aliphatic heterocycles. The monoisotopic (exact) mass is 320 g/mol. The van der Waals surface area contributed by atoms with Crippen molar-refractivity contribution in [2.45, 2.75) is 36.3 Å². The lowest BCUT2D eigenvalue weighted by molar-refractivity contribution is -0.489. The van der Waals surface area contributed by atoms with Crippen LogP contribution in [0.1, 0.15) is 12.8 Å². The van der Waals surface area contributed by atoms with E-state index >= 15 is 0 Å². The molecule has 1 unspecified atom stereocenters. The van der Waals surface area contributed by atoms with Gasteiger partial charge in [0.25, 0.3) is 32.5 Å². The van der Waals surface area contributed by atoms with Crippen molar-refractivity contribution < 1.29 is 32.5 Å². The minimum Gasteiger partial charge on any atom is -0.389 e. The Bertz CT molecular complexity index is 303. The zero-order valence-corrected chi connectivity index (χ0v) is 14.3. The Labute approximate surface area is 126 Å². The van der Waals surface area contributed by atoms with E-state index in [0.717, 1.165) is 0 Å². The van der Waals surface area contributed by atoms with E-state index in [-0.39, 0.29) is 0 Å². The normalized spacial score (nSPS) is 27.4. The number of hydrogen-bond donors (Lipinski definition) is 0. The molecule has 1 atom stereocenters. The van der Waals surface area contributed by atoms with Gasteiger partial charge >= 0.3 is 0 Å². The fourth-order valence-corrected chi connectivity index (χ4v) is 3.62. The maximum Gasteiger partial charge on any atom is 0.280 e. The molecule has 0 bridgehead atoms. The minimum atomic E-state index is -1.55. The Kier molecular flexibility index (Phi) is 6.32. The fraction of sp³-hybridized carbons (Fsp3) is 1.00. The van der Waals surface area contributed by atoms with Crippen LogP contribution in [-0.4, -0.2) is 80.0 Å².